The van der Waals surface area contributed by atoms with Crippen molar-refractivity contribution in [2.45, 2.75) is 0 Å². The zero-order valence-electron chi connectivity index (χ0n) is 14.9. The topological polar surface area (TPSA) is 85.0 Å². The van der Waals surface area contributed by atoms with E-state index >= 15 is 0 Å². The van der Waals surface area contributed by atoms with Crippen LogP contribution in [0.2, 0.25) is 5.02 Å². The van der Waals surface area contributed by atoms with Gasteiger partial charge in [0, 0.05) is 17.2 Å². The summed E-state index contributed by atoms with van der Waals surface area (Å²) in [5.74, 6) is 0.390. The van der Waals surface area contributed by atoms with Crippen LogP contribution in [0.1, 0.15) is 5.56 Å². The lowest BCUT2D eigenvalue weighted by molar-refractivity contribution is -0.384. The molecular weight excluding hydrogens is 402 g/mol. The summed E-state index contributed by atoms with van der Waals surface area (Å²) in [6, 6.07) is 13.0. The average molecular weight is 418 g/mol. The molecule has 3 rings (SSSR count). The molecule has 1 aliphatic rings. The highest BCUT2D eigenvalue weighted by Gasteiger charge is 2.29. The van der Waals surface area contributed by atoms with Crippen molar-refractivity contribution in [3.8, 4) is 5.75 Å². The molecule has 0 saturated heterocycles. The summed E-state index contributed by atoms with van der Waals surface area (Å²) < 4.78 is 5.65. The molecule has 0 aromatic heterocycles. The van der Waals surface area contributed by atoms with Crippen LogP contribution in [0, 0.1) is 10.1 Å². The summed E-state index contributed by atoms with van der Waals surface area (Å²) in [6.07, 6.45) is 3.45. The molecule has 2 aromatic rings. The molecule has 0 saturated carbocycles. The van der Waals surface area contributed by atoms with Crippen LogP contribution in [0.5, 0.6) is 5.75 Å². The van der Waals surface area contributed by atoms with E-state index in [9.17, 15) is 14.9 Å². The van der Waals surface area contributed by atoms with E-state index in [4.69, 9.17) is 16.3 Å². The van der Waals surface area contributed by atoms with Gasteiger partial charge in [-0.25, -0.2) is 4.99 Å². The number of carbonyl (C=O) groups is 1. The Morgan fingerprint density at radius 2 is 2.04 bits per heavy atom. The first-order chi connectivity index (χ1) is 13.5. The van der Waals surface area contributed by atoms with Gasteiger partial charge >= 0.3 is 0 Å². The van der Waals surface area contributed by atoms with Crippen LogP contribution < -0.4 is 4.74 Å². The minimum absolute atomic E-state index is 0.00649. The van der Waals surface area contributed by atoms with E-state index in [0.717, 1.165) is 0 Å². The van der Waals surface area contributed by atoms with E-state index in [1.54, 1.807) is 47.4 Å². The number of amides is 1. The number of hydrogen-bond acceptors (Lipinski definition) is 6. The van der Waals surface area contributed by atoms with Gasteiger partial charge in [-0.05, 0) is 48.2 Å². The molecule has 1 aliphatic heterocycles. The molecule has 0 aliphatic carbocycles. The molecule has 1 amide bonds. The summed E-state index contributed by atoms with van der Waals surface area (Å²) in [5, 5.41) is 11.9. The van der Waals surface area contributed by atoms with Gasteiger partial charge in [-0.3, -0.25) is 19.8 Å². The number of amidine groups is 1. The number of carbonyl (C=O) groups excluding carboxylic acids is 1. The number of nitro benzene ring substituents is 1. The van der Waals surface area contributed by atoms with Crippen LogP contribution >= 0.6 is 23.4 Å². The van der Waals surface area contributed by atoms with Gasteiger partial charge in [0.2, 0.25) is 0 Å². The number of thioether (sulfide) groups is 1. The molecule has 1 heterocycles. The van der Waals surface area contributed by atoms with Crippen molar-refractivity contribution in [1.82, 2.24) is 4.90 Å². The number of aliphatic imine (C=N–C) groups is 1. The standard InChI is InChI=1S/C19H16ClN3O4S/c1-28-19-21-17(11-13-5-7-15(8-6-13)23(25)26)18(24)22(19)9-10-27-16-4-2-3-14(20)12-16/h2-8,11-12H,9-10H2,1H3/b17-11-. The predicted octanol–water partition coefficient (Wildman–Crippen LogP) is 4.23. The highest BCUT2D eigenvalue weighted by atomic mass is 35.5. The van der Waals surface area contributed by atoms with Crippen LogP contribution in [-0.4, -0.2) is 40.3 Å². The van der Waals surface area contributed by atoms with Crippen molar-refractivity contribution in [2.75, 3.05) is 19.4 Å². The maximum atomic E-state index is 12.7. The number of rotatable bonds is 6. The quantitative estimate of drug-likeness (QED) is 0.399. The number of nitrogens with zero attached hydrogens (tertiary/aromatic N) is 3. The Labute approximate surface area is 170 Å². The maximum absolute atomic E-state index is 12.7. The van der Waals surface area contributed by atoms with E-state index < -0.39 is 4.92 Å². The smallest absolute Gasteiger partial charge is 0.278 e. The Hall–Kier alpha value is -2.84. The predicted molar refractivity (Wildman–Crippen MR) is 111 cm³/mol. The molecule has 2 aromatic carbocycles. The first kappa shape index (κ1) is 19.9. The third-order valence-electron chi connectivity index (χ3n) is 3.88. The van der Waals surface area contributed by atoms with Gasteiger partial charge in [-0.1, -0.05) is 29.4 Å². The molecule has 144 valence electrons. The number of nitro groups is 1. The minimum atomic E-state index is -0.469. The monoisotopic (exact) mass is 417 g/mol. The Kier molecular flexibility index (Phi) is 6.33. The maximum Gasteiger partial charge on any atom is 0.278 e. The molecule has 0 fully saturated rings. The van der Waals surface area contributed by atoms with Crippen molar-refractivity contribution in [2.24, 2.45) is 4.99 Å². The lowest BCUT2D eigenvalue weighted by atomic mass is 10.1. The second-order valence-corrected chi connectivity index (χ2v) is 6.95. The molecule has 0 unspecified atom stereocenters. The molecule has 0 bridgehead atoms. The fourth-order valence-corrected chi connectivity index (χ4v) is 3.31. The minimum Gasteiger partial charge on any atom is -0.492 e. The molecular formula is C19H16ClN3O4S. The fourth-order valence-electron chi connectivity index (χ4n) is 2.55. The largest absolute Gasteiger partial charge is 0.492 e. The van der Waals surface area contributed by atoms with Crippen LogP contribution in [0.4, 0.5) is 5.69 Å². The molecule has 9 heteroatoms. The van der Waals surface area contributed by atoms with Crippen LogP contribution in [0.3, 0.4) is 0 Å². The van der Waals surface area contributed by atoms with Gasteiger partial charge in [-0.15, -0.1) is 0 Å². The molecule has 0 atom stereocenters. The van der Waals surface area contributed by atoms with Gasteiger partial charge in [-0.2, -0.15) is 0 Å². The van der Waals surface area contributed by atoms with Crippen LogP contribution in [-0.2, 0) is 4.79 Å². The van der Waals surface area contributed by atoms with Crippen molar-refractivity contribution in [3.05, 3.63) is 74.9 Å². The van der Waals surface area contributed by atoms with E-state index in [-0.39, 0.29) is 23.9 Å². The van der Waals surface area contributed by atoms with Gasteiger partial charge < -0.3 is 4.74 Å². The highest BCUT2D eigenvalue weighted by molar-refractivity contribution is 8.13. The summed E-state index contributed by atoms with van der Waals surface area (Å²) in [6.45, 7) is 0.624. The van der Waals surface area contributed by atoms with Gasteiger partial charge in [0.05, 0.1) is 11.5 Å². The Morgan fingerprint density at radius 1 is 1.29 bits per heavy atom. The third-order valence-corrected chi connectivity index (χ3v) is 4.79. The zero-order chi connectivity index (χ0) is 20.1. The Bertz CT molecular complexity index is 960. The molecule has 0 N–H and O–H groups in total. The second kappa shape index (κ2) is 8.90. The first-order valence-corrected chi connectivity index (χ1v) is 9.87. The zero-order valence-corrected chi connectivity index (χ0v) is 16.4. The summed E-state index contributed by atoms with van der Waals surface area (Å²) >= 11 is 7.29. The van der Waals surface area contributed by atoms with Gasteiger partial charge in [0.25, 0.3) is 11.6 Å². The number of halogens is 1. The van der Waals surface area contributed by atoms with E-state index in [1.807, 2.05) is 6.26 Å². The fraction of sp³-hybridized carbons (Fsp3) is 0.158. The highest BCUT2D eigenvalue weighted by Crippen LogP contribution is 2.24. The first-order valence-electron chi connectivity index (χ1n) is 8.27. The van der Waals surface area contributed by atoms with Crippen LogP contribution in [0.15, 0.2) is 59.2 Å². The van der Waals surface area contributed by atoms with E-state index in [1.165, 1.54) is 23.9 Å². The number of non-ortho nitro benzene ring substituents is 1. The number of hydrogen-bond donors (Lipinski definition) is 0. The molecule has 0 radical (unpaired) electrons. The summed E-state index contributed by atoms with van der Waals surface area (Å²) in [4.78, 5) is 28.9. The van der Waals surface area contributed by atoms with Crippen LogP contribution in [0.25, 0.3) is 6.08 Å². The van der Waals surface area contributed by atoms with Crippen molar-refractivity contribution in [3.63, 3.8) is 0 Å². The summed E-state index contributed by atoms with van der Waals surface area (Å²) in [5.41, 5.74) is 0.934. The molecule has 0 spiro atoms. The van der Waals surface area contributed by atoms with E-state index in [0.29, 0.717) is 28.0 Å². The van der Waals surface area contributed by atoms with Crippen molar-refractivity contribution < 1.29 is 14.5 Å². The lowest BCUT2D eigenvalue weighted by Crippen LogP contribution is -2.34. The van der Waals surface area contributed by atoms with Crippen molar-refractivity contribution >= 4 is 46.2 Å². The third kappa shape index (κ3) is 4.71. The molecule has 28 heavy (non-hydrogen) atoms. The van der Waals surface area contributed by atoms with E-state index in [2.05, 4.69) is 4.99 Å². The second-order valence-electron chi connectivity index (χ2n) is 5.74. The lowest BCUT2D eigenvalue weighted by Gasteiger charge is -2.17. The Balaban J connectivity index is 1.68. The number of benzene rings is 2. The Morgan fingerprint density at radius 3 is 2.68 bits per heavy atom. The van der Waals surface area contributed by atoms with Crippen molar-refractivity contribution in [1.29, 1.82) is 0 Å². The average Bonchev–Trinajstić information content (AvgIpc) is 2.97. The summed E-state index contributed by atoms with van der Waals surface area (Å²) in [7, 11) is 0. The SMILES string of the molecule is CSC1=N/C(=C\c2ccc([N+](=O)[O-])cc2)C(=O)N1CCOc1cccc(Cl)c1. The van der Waals surface area contributed by atoms with Gasteiger partial charge in [0.1, 0.15) is 18.1 Å². The van der Waals surface area contributed by atoms with Gasteiger partial charge in [0.15, 0.2) is 5.17 Å². The number of ether oxygens (including phenoxy) is 1. The molecule has 7 nitrogen and oxygen atoms in total. The normalized spacial score (nSPS) is 15.1.